The van der Waals surface area contributed by atoms with Crippen LogP contribution in [0.1, 0.15) is 37.8 Å². The molecule has 94 valence electrons. The predicted octanol–water partition coefficient (Wildman–Crippen LogP) is 3.67. The number of hydrogen-bond acceptors (Lipinski definition) is 2. The molecule has 0 saturated heterocycles. The Morgan fingerprint density at radius 2 is 2.00 bits per heavy atom. The van der Waals surface area contributed by atoms with E-state index in [1.54, 1.807) is 0 Å². The standard InChI is InChI=1S/C14H20BrNO/c1-10(11-3-5-12(15)6-4-11)16-13-7-8-14(9-13)17-2/h3-6,10,13-14,16H,7-9H2,1-2H3. The zero-order valence-electron chi connectivity index (χ0n) is 10.4. The zero-order chi connectivity index (χ0) is 12.3. The second-order valence-electron chi connectivity index (χ2n) is 4.81. The van der Waals surface area contributed by atoms with Gasteiger partial charge in [-0.05, 0) is 43.9 Å². The maximum Gasteiger partial charge on any atom is 0.0586 e. The quantitative estimate of drug-likeness (QED) is 0.916. The van der Waals surface area contributed by atoms with Crippen molar-refractivity contribution in [1.29, 1.82) is 0 Å². The van der Waals surface area contributed by atoms with Gasteiger partial charge in [0, 0.05) is 23.7 Å². The summed E-state index contributed by atoms with van der Waals surface area (Å²) < 4.78 is 6.53. The number of nitrogens with one attached hydrogen (secondary N) is 1. The van der Waals surface area contributed by atoms with Crippen molar-refractivity contribution in [2.75, 3.05) is 7.11 Å². The van der Waals surface area contributed by atoms with E-state index >= 15 is 0 Å². The highest BCUT2D eigenvalue weighted by atomic mass is 79.9. The van der Waals surface area contributed by atoms with Crippen LogP contribution < -0.4 is 5.32 Å². The first-order chi connectivity index (χ1) is 8.19. The molecule has 3 atom stereocenters. The summed E-state index contributed by atoms with van der Waals surface area (Å²) in [5.41, 5.74) is 1.34. The zero-order valence-corrected chi connectivity index (χ0v) is 12.0. The van der Waals surface area contributed by atoms with Crippen LogP contribution in [0.3, 0.4) is 0 Å². The van der Waals surface area contributed by atoms with Crippen molar-refractivity contribution in [3.8, 4) is 0 Å². The Bertz CT molecular complexity index is 352. The van der Waals surface area contributed by atoms with Gasteiger partial charge in [-0.2, -0.15) is 0 Å². The molecule has 3 unspecified atom stereocenters. The van der Waals surface area contributed by atoms with Gasteiger partial charge in [-0.3, -0.25) is 0 Å². The van der Waals surface area contributed by atoms with Crippen LogP contribution in [0.4, 0.5) is 0 Å². The average Bonchev–Trinajstić information content (AvgIpc) is 2.77. The van der Waals surface area contributed by atoms with Gasteiger partial charge in [0.1, 0.15) is 0 Å². The first-order valence-corrected chi connectivity index (χ1v) is 7.02. The normalized spacial score (nSPS) is 26.1. The fourth-order valence-electron chi connectivity index (χ4n) is 2.51. The molecule has 0 heterocycles. The summed E-state index contributed by atoms with van der Waals surface area (Å²) in [6.07, 6.45) is 3.99. The van der Waals surface area contributed by atoms with E-state index in [2.05, 4.69) is 52.4 Å². The second kappa shape index (κ2) is 5.98. The summed E-state index contributed by atoms with van der Waals surface area (Å²) >= 11 is 3.46. The van der Waals surface area contributed by atoms with Crippen molar-refractivity contribution in [3.05, 3.63) is 34.3 Å². The van der Waals surface area contributed by atoms with E-state index in [9.17, 15) is 0 Å². The highest BCUT2D eigenvalue weighted by Gasteiger charge is 2.25. The maximum absolute atomic E-state index is 5.40. The van der Waals surface area contributed by atoms with Gasteiger partial charge in [-0.15, -0.1) is 0 Å². The number of benzene rings is 1. The third-order valence-corrected chi connectivity index (χ3v) is 4.10. The average molecular weight is 298 g/mol. The number of rotatable bonds is 4. The molecule has 3 heteroatoms. The smallest absolute Gasteiger partial charge is 0.0586 e. The summed E-state index contributed by atoms with van der Waals surface area (Å²) in [6, 6.07) is 9.54. The van der Waals surface area contributed by atoms with Crippen LogP contribution in [0.25, 0.3) is 0 Å². The van der Waals surface area contributed by atoms with E-state index in [1.807, 2.05) is 7.11 Å². The Hall–Kier alpha value is -0.380. The molecule has 1 aromatic rings. The Balaban J connectivity index is 1.89. The molecule has 0 spiro atoms. The van der Waals surface area contributed by atoms with Crippen LogP contribution in [0.5, 0.6) is 0 Å². The van der Waals surface area contributed by atoms with Gasteiger partial charge in [0.05, 0.1) is 6.10 Å². The summed E-state index contributed by atoms with van der Waals surface area (Å²) in [5.74, 6) is 0. The minimum absolute atomic E-state index is 0.406. The summed E-state index contributed by atoms with van der Waals surface area (Å²) in [4.78, 5) is 0. The van der Waals surface area contributed by atoms with Crippen molar-refractivity contribution in [2.24, 2.45) is 0 Å². The van der Waals surface area contributed by atoms with Crippen LogP contribution in [0.15, 0.2) is 28.7 Å². The van der Waals surface area contributed by atoms with Gasteiger partial charge in [-0.1, -0.05) is 28.1 Å². The molecule has 1 fully saturated rings. The van der Waals surface area contributed by atoms with Gasteiger partial charge >= 0.3 is 0 Å². The second-order valence-corrected chi connectivity index (χ2v) is 5.72. The minimum atomic E-state index is 0.406. The third-order valence-electron chi connectivity index (χ3n) is 3.57. The maximum atomic E-state index is 5.40. The van der Waals surface area contributed by atoms with Gasteiger partial charge < -0.3 is 10.1 Å². The third kappa shape index (κ3) is 3.54. The SMILES string of the molecule is COC1CCC(NC(C)c2ccc(Br)cc2)C1. The molecular formula is C14H20BrNO. The fraction of sp³-hybridized carbons (Fsp3) is 0.571. The van der Waals surface area contributed by atoms with Crippen LogP contribution in [-0.2, 0) is 4.74 Å². The Labute approximate surface area is 112 Å². The Morgan fingerprint density at radius 1 is 1.29 bits per heavy atom. The lowest BCUT2D eigenvalue weighted by molar-refractivity contribution is 0.106. The minimum Gasteiger partial charge on any atom is -0.381 e. The monoisotopic (exact) mass is 297 g/mol. The Kier molecular flexibility index (Phi) is 4.60. The van der Waals surface area contributed by atoms with Gasteiger partial charge in [0.15, 0.2) is 0 Å². The number of methoxy groups -OCH3 is 1. The largest absolute Gasteiger partial charge is 0.381 e. The molecular weight excluding hydrogens is 278 g/mol. The van der Waals surface area contributed by atoms with E-state index in [4.69, 9.17) is 4.74 Å². The first kappa shape index (κ1) is 13.1. The topological polar surface area (TPSA) is 21.3 Å². The van der Waals surface area contributed by atoms with E-state index in [0.29, 0.717) is 18.2 Å². The van der Waals surface area contributed by atoms with Crippen molar-refractivity contribution < 1.29 is 4.74 Å². The Morgan fingerprint density at radius 3 is 2.59 bits per heavy atom. The van der Waals surface area contributed by atoms with Crippen molar-refractivity contribution >= 4 is 15.9 Å². The lowest BCUT2D eigenvalue weighted by Gasteiger charge is -2.20. The molecule has 1 N–H and O–H groups in total. The molecule has 0 aromatic heterocycles. The molecule has 1 aromatic carbocycles. The molecule has 0 bridgehead atoms. The molecule has 17 heavy (non-hydrogen) atoms. The van der Waals surface area contributed by atoms with E-state index in [-0.39, 0.29) is 0 Å². The fourth-order valence-corrected chi connectivity index (χ4v) is 2.77. The number of halogens is 1. The molecule has 0 aliphatic heterocycles. The van der Waals surface area contributed by atoms with Crippen LogP contribution in [0.2, 0.25) is 0 Å². The molecule has 0 amide bonds. The highest BCUT2D eigenvalue weighted by molar-refractivity contribution is 9.10. The summed E-state index contributed by atoms with van der Waals surface area (Å²) in [6.45, 7) is 2.23. The van der Waals surface area contributed by atoms with Gasteiger partial charge in [0.2, 0.25) is 0 Å². The van der Waals surface area contributed by atoms with Crippen molar-refractivity contribution in [3.63, 3.8) is 0 Å². The van der Waals surface area contributed by atoms with Crippen LogP contribution >= 0.6 is 15.9 Å². The molecule has 0 radical (unpaired) electrons. The van der Waals surface area contributed by atoms with Gasteiger partial charge in [0.25, 0.3) is 0 Å². The van der Waals surface area contributed by atoms with Gasteiger partial charge in [-0.25, -0.2) is 0 Å². The predicted molar refractivity (Wildman–Crippen MR) is 74.1 cm³/mol. The summed E-state index contributed by atoms with van der Waals surface area (Å²) in [7, 11) is 1.81. The van der Waals surface area contributed by atoms with Crippen molar-refractivity contribution in [1.82, 2.24) is 5.32 Å². The van der Waals surface area contributed by atoms with Crippen molar-refractivity contribution in [2.45, 2.75) is 44.4 Å². The van der Waals surface area contributed by atoms with Crippen LogP contribution in [-0.4, -0.2) is 19.3 Å². The molecule has 1 saturated carbocycles. The number of ether oxygens (including phenoxy) is 1. The molecule has 1 aliphatic rings. The van der Waals surface area contributed by atoms with E-state index < -0.39 is 0 Å². The van der Waals surface area contributed by atoms with Crippen LogP contribution in [0, 0.1) is 0 Å². The van der Waals surface area contributed by atoms with E-state index in [0.717, 1.165) is 10.9 Å². The first-order valence-electron chi connectivity index (χ1n) is 6.23. The number of hydrogen-bond donors (Lipinski definition) is 1. The molecule has 1 aliphatic carbocycles. The molecule has 2 nitrogen and oxygen atoms in total. The lowest BCUT2D eigenvalue weighted by atomic mass is 10.1. The van der Waals surface area contributed by atoms with E-state index in [1.165, 1.54) is 18.4 Å². The highest BCUT2D eigenvalue weighted by Crippen LogP contribution is 2.24. The lowest BCUT2D eigenvalue weighted by Crippen LogP contribution is -2.29. The molecule has 2 rings (SSSR count). The summed E-state index contributed by atoms with van der Waals surface area (Å²) in [5, 5.41) is 3.68.